The zero-order valence-corrected chi connectivity index (χ0v) is 11.9. The molecule has 0 spiro atoms. The van der Waals surface area contributed by atoms with Gasteiger partial charge in [-0.25, -0.2) is 0 Å². The smallest absolute Gasteiger partial charge is 0.227 e. The molecule has 104 valence electrons. The van der Waals surface area contributed by atoms with Gasteiger partial charge in [-0.15, -0.1) is 0 Å². The molecule has 0 aliphatic heterocycles. The van der Waals surface area contributed by atoms with Crippen LogP contribution in [-0.2, 0) is 11.3 Å². The molecule has 0 saturated heterocycles. The first-order valence-electron chi connectivity index (χ1n) is 7.36. The second-order valence-corrected chi connectivity index (χ2v) is 5.35. The van der Waals surface area contributed by atoms with Crippen LogP contribution >= 0.6 is 0 Å². The summed E-state index contributed by atoms with van der Waals surface area (Å²) in [5, 5.41) is 6.47. The Bertz CT molecular complexity index is 405. The molecule has 2 N–H and O–H groups in total. The molecule has 3 nitrogen and oxygen atoms in total. The third kappa shape index (κ3) is 4.35. The molecule has 0 unspecified atom stereocenters. The van der Waals surface area contributed by atoms with E-state index in [1.807, 2.05) is 12.1 Å². The SMILES string of the molecule is CCC(CC)C(=O)Nc1ccc(CNC2CC2)cc1. The Kier molecular flexibility index (Phi) is 4.97. The van der Waals surface area contributed by atoms with Crippen LogP contribution in [0.1, 0.15) is 45.1 Å². The van der Waals surface area contributed by atoms with E-state index >= 15 is 0 Å². The number of amides is 1. The summed E-state index contributed by atoms with van der Waals surface area (Å²) in [5.41, 5.74) is 2.17. The van der Waals surface area contributed by atoms with E-state index in [1.165, 1.54) is 18.4 Å². The standard InChI is InChI=1S/C16H24N2O/c1-3-13(4-2)16(19)18-15-7-5-12(6-8-15)11-17-14-9-10-14/h5-8,13-14,17H,3-4,9-11H2,1-2H3,(H,18,19). The topological polar surface area (TPSA) is 41.1 Å². The van der Waals surface area contributed by atoms with Crippen LogP contribution in [0.15, 0.2) is 24.3 Å². The average molecular weight is 260 g/mol. The van der Waals surface area contributed by atoms with Crippen molar-refractivity contribution < 1.29 is 4.79 Å². The molecule has 0 heterocycles. The van der Waals surface area contributed by atoms with Gasteiger partial charge in [-0.2, -0.15) is 0 Å². The highest BCUT2D eigenvalue weighted by atomic mass is 16.1. The van der Waals surface area contributed by atoms with Crippen molar-refractivity contribution in [2.45, 2.75) is 52.1 Å². The molecule has 3 heteroatoms. The molecule has 1 aliphatic carbocycles. The quantitative estimate of drug-likeness (QED) is 0.789. The maximum Gasteiger partial charge on any atom is 0.227 e. The predicted molar refractivity (Wildman–Crippen MR) is 79.0 cm³/mol. The van der Waals surface area contributed by atoms with Crippen LogP contribution < -0.4 is 10.6 Å². The van der Waals surface area contributed by atoms with Crippen LogP contribution in [0.3, 0.4) is 0 Å². The molecule has 0 bridgehead atoms. The highest BCUT2D eigenvalue weighted by Gasteiger charge is 2.19. The number of anilines is 1. The van der Waals surface area contributed by atoms with Gasteiger partial charge in [0.15, 0.2) is 0 Å². The van der Waals surface area contributed by atoms with E-state index in [4.69, 9.17) is 0 Å². The van der Waals surface area contributed by atoms with Crippen molar-refractivity contribution in [3.8, 4) is 0 Å². The van der Waals surface area contributed by atoms with Gasteiger partial charge < -0.3 is 10.6 Å². The number of hydrogen-bond donors (Lipinski definition) is 2. The van der Waals surface area contributed by atoms with Gasteiger partial charge in [0, 0.05) is 24.2 Å². The van der Waals surface area contributed by atoms with Gasteiger partial charge in [0.25, 0.3) is 0 Å². The number of carbonyl (C=O) groups is 1. The summed E-state index contributed by atoms with van der Waals surface area (Å²) in [7, 11) is 0. The van der Waals surface area contributed by atoms with Gasteiger partial charge in [0.1, 0.15) is 0 Å². The van der Waals surface area contributed by atoms with Gasteiger partial charge in [-0.3, -0.25) is 4.79 Å². The third-order valence-electron chi connectivity index (χ3n) is 3.75. The van der Waals surface area contributed by atoms with Gasteiger partial charge in [-0.1, -0.05) is 26.0 Å². The lowest BCUT2D eigenvalue weighted by Gasteiger charge is -2.13. The van der Waals surface area contributed by atoms with Crippen molar-refractivity contribution in [1.82, 2.24) is 5.32 Å². The van der Waals surface area contributed by atoms with Gasteiger partial charge in [0.2, 0.25) is 5.91 Å². The molecule has 1 aromatic carbocycles. The Hall–Kier alpha value is -1.35. The van der Waals surface area contributed by atoms with Crippen LogP contribution in [0.5, 0.6) is 0 Å². The molecule has 0 aromatic heterocycles. The highest BCUT2D eigenvalue weighted by Crippen LogP contribution is 2.20. The first kappa shape index (κ1) is 14.1. The molecule has 0 atom stereocenters. The van der Waals surface area contributed by atoms with E-state index in [0.717, 1.165) is 31.1 Å². The van der Waals surface area contributed by atoms with E-state index in [9.17, 15) is 4.79 Å². The normalized spacial score (nSPS) is 14.7. The van der Waals surface area contributed by atoms with Gasteiger partial charge in [0.05, 0.1) is 0 Å². The number of nitrogens with one attached hydrogen (secondary N) is 2. The number of benzene rings is 1. The number of hydrogen-bond acceptors (Lipinski definition) is 2. The Morgan fingerprint density at radius 1 is 1.21 bits per heavy atom. The fraction of sp³-hybridized carbons (Fsp3) is 0.562. The maximum absolute atomic E-state index is 12.0. The summed E-state index contributed by atoms with van der Waals surface area (Å²) >= 11 is 0. The van der Waals surface area contributed by atoms with Crippen LogP contribution in [0.25, 0.3) is 0 Å². The van der Waals surface area contributed by atoms with Crippen LogP contribution in [0.2, 0.25) is 0 Å². The minimum Gasteiger partial charge on any atom is -0.326 e. The Morgan fingerprint density at radius 2 is 1.84 bits per heavy atom. The van der Waals surface area contributed by atoms with Crippen LogP contribution in [-0.4, -0.2) is 11.9 Å². The lowest BCUT2D eigenvalue weighted by atomic mass is 10.0. The van der Waals surface area contributed by atoms with E-state index in [2.05, 4.69) is 36.6 Å². The van der Waals surface area contributed by atoms with Crippen molar-refractivity contribution in [1.29, 1.82) is 0 Å². The fourth-order valence-electron chi connectivity index (χ4n) is 2.16. The molecule has 1 aromatic rings. The molecule has 1 fully saturated rings. The summed E-state index contributed by atoms with van der Waals surface area (Å²) in [5.74, 6) is 0.255. The predicted octanol–water partition coefficient (Wildman–Crippen LogP) is 3.31. The second kappa shape index (κ2) is 6.71. The van der Waals surface area contributed by atoms with Crippen LogP contribution in [0.4, 0.5) is 5.69 Å². The van der Waals surface area contributed by atoms with Crippen molar-refractivity contribution >= 4 is 11.6 Å². The lowest BCUT2D eigenvalue weighted by Crippen LogP contribution is -2.21. The zero-order chi connectivity index (χ0) is 13.7. The van der Waals surface area contributed by atoms with E-state index in [1.54, 1.807) is 0 Å². The van der Waals surface area contributed by atoms with Crippen LogP contribution in [0, 0.1) is 5.92 Å². The number of rotatable bonds is 7. The summed E-state index contributed by atoms with van der Waals surface area (Å²) in [6.07, 6.45) is 4.41. The van der Waals surface area contributed by atoms with Crippen molar-refractivity contribution in [2.75, 3.05) is 5.32 Å². The summed E-state index contributed by atoms with van der Waals surface area (Å²) in [6.45, 7) is 5.03. The molecular formula is C16H24N2O. The van der Waals surface area contributed by atoms with Crippen molar-refractivity contribution in [3.05, 3.63) is 29.8 Å². The summed E-state index contributed by atoms with van der Waals surface area (Å²) in [6, 6.07) is 8.87. The maximum atomic E-state index is 12.0. The lowest BCUT2D eigenvalue weighted by molar-refractivity contribution is -0.120. The molecule has 1 aliphatic rings. The molecule has 2 rings (SSSR count). The largest absolute Gasteiger partial charge is 0.326 e. The number of carbonyl (C=O) groups excluding carboxylic acids is 1. The molecule has 19 heavy (non-hydrogen) atoms. The minimum absolute atomic E-state index is 0.121. The zero-order valence-electron chi connectivity index (χ0n) is 11.9. The monoisotopic (exact) mass is 260 g/mol. The molecular weight excluding hydrogens is 236 g/mol. The van der Waals surface area contributed by atoms with E-state index in [0.29, 0.717) is 0 Å². The second-order valence-electron chi connectivity index (χ2n) is 5.35. The third-order valence-corrected chi connectivity index (χ3v) is 3.75. The highest BCUT2D eigenvalue weighted by molar-refractivity contribution is 5.92. The molecule has 0 radical (unpaired) electrons. The van der Waals surface area contributed by atoms with Crippen molar-refractivity contribution in [3.63, 3.8) is 0 Å². The summed E-state index contributed by atoms with van der Waals surface area (Å²) < 4.78 is 0. The van der Waals surface area contributed by atoms with Crippen molar-refractivity contribution in [2.24, 2.45) is 5.92 Å². The average Bonchev–Trinajstić information content (AvgIpc) is 3.23. The summed E-state index contributed by atoms with van der Waals surface area (Å²) in [4.78, 5) is 12.0. The van der Waals surface area contributed by atoms with E-state index in [-0.39, 0.29) is 11.8 Å². The Morgan fingerprint density at radius 3 is 2.37 bits per heavy atom. The van der Waals surface area contributed by atoms with Gasteiger partial charge >= 0.3 is 0 Å². The van der Waals surface area contributed by atoms with E-state index < -0.39 is 0 Å². The first-order valence-corrected chi connectivity index (χ1v) is 7.36. The minimum atomic E-state index is 0.121. The fourth-order valence-corrected chi connectivity index (χ4v) is 2.16. The Labute approximate surface area is 115 Å². The van der Waals surface area contributed by atoms with Gasteiger partial charge in [-0.05, 0) is 43.4 Å². The molecule has 1 saturated carbocycles. The molecule has 1 amide bonds. The Balaban J connectivity index is 1.84. The first-order chi connectivity index (χ1) is 9.22.